The van der Waals surface area contributed by atoms with Gasteiger partial charge in [-0.2, -0.15) is 5.26 Å². The number of halogens is 1. The zero-order valence-corrected chi connectivity index (χ0v) is 23.0. The van der Waals surface area contributed by atoms with Crippen LogP contribution in [-0.2, 0) is 0 Å². The van der Waals surface area contributed by atoms with Crippen molar-refractivity contribution in [1.82, 2.24) is 5.32 Å². The Morgan fingerprint density at radius 3 is 2.03 bits per heavy atom. The van der Waals surface area contributed by atoms with E-state index in [2.05, 4.69) is 82.5 Å². The predicted octanol–water partition coefficient (Wildman–Crippen LogP) is 7.31. The van der Waals surface area contributed by atoms with Crippen LogP contribution in [0.2, 0.25) is 5.02 Å². The minimum Gasteiger partial charge on any atom is -0.489 e. The molecule has 4 rings (SSSR count). The van der Waals surface area contributed by atoms with Gasteiger partial charge in [-0.3, -0.25) is 4.79 Å². The first-order chi connectivity index (χ1) is 17.4. The smallest absolute Gasteiger partial charge is 0.251 e. The maximum absolute atomic E-state index is 13.2. The fraction of sp³-hybridized carbons (Fsp3) is 0.355. The number of nitrogens with one attached hydrogen (secondary N) is 2. The van der Waals surface area contributed by atoms with E-state index >= 15 is 0 Å². The van der Waals surface area contributed by atoms with Gasteiger partial charge in [-0.25, -0.2) is 0 Å². The molecule has 2 N–H and O–H groups in total. The maximum atomic E-state index is 13.2. The quantitative estimate of drug-likeness (QED) is 0.346. The number of hydrogen-bond acceptors (Lipinski definition) is 4. The highest BCUT2D eigenvalue weighted by atomic mass is 35.5. The molecule has 1 saturated carbocycles. The molecule has 3 aromatic rings. The summed E-state index contributed by atoms with van der Waals surface area (Å²) in [7, 11) is 0. The van der Waals surface area contributed by atoms with Gasteiger partial charge in [-0.1, -0.05) is 63.6 Å². The Hall–Kier alpha value is -3.49. The Bertz CT molecular complexity index is 1310. The van der Waals surface area contributed by atoms with Gasteiger partial charge in [-0.15, -0.1) is 0 Å². The highest BCUT2D eigenvalue weighted by Crippen LogP contribution is 2.55. The highest BCUT2D eigenvalue weighted by molar-refractivity contribution is 6.31. The van der Waals surface area contributed by atoms with Gasteiger partial charge in [0.2, 0.25) is 0 Å². The van der Waals surface area contributed by atoms with Crippen LogP contribution in [0.3, 0.4) is 0 Å². The third-order valence-corrected chi connectivity index (χ3v) is 7.56. The summed E-state index contributed by atoms with van der Waals surface area (Å²) in [6.45, 7) is 12.6. The molecule has 6 heteroatoms. The van der Waals surface area contributed by atoms with Gasteiger partial charge in [-0.05, 0) is 61.4 Å². The van der Waals surface area contributed by atoms with E-state index in [1.165, 1.54) is 0 Å². The van der Waals surface area contributed by atoms with E-state index in [0.717, 1.165) is 16.8 Å². The first-order valence-corrected chi connectivity index (χ1v) is 13.0. The van der Waals surface area contributed by atoms with Crippen LogP contribution >= 0.6 is 11.6 Å². The summed E-state index contributed by atoms with van der Waals surface area (Å²) in [5.41, 5.74) is 3.66. The average molecular weight is 516 g/mol. The third kappa shape index (κ3) is 5.31. The number of nitrogens with zero attached hydrogens (tertiary/aromatic N) is 1. The van der Waals surface area contributed by atoms with Crippen LogP contribution in [0.15, 0.2) is 66.7 Å². The van der Waals surface area contributed by atoms with Crippen molar-refractivity contribution in [2.75, 3.05) is 5.32 Å². The SMILES string of the molecule is CC(C)Nc1ccc(-c2ccc(C(=O)N[C@H]3C(C)(C)[C@H](Oc4ccc(C#N)c(Cl)c4)C3(C)C)cc2)cc1. The number of amides is 1. The summed E-state index contributed by atoms with van der Waals surface area (Å²) in [5.74, 6) is 0.512. The van der Waals surface area contributed by atoms with Crippen LogP contribution in [0.1, 0.15) is 57.5 Å². The Morgan fingerprint density at radius 2 is 1.51 bits per heavy atom. The van der Waals surface area contributed by atoms with Crippen LogP contribution in [0.25, 0.3) is 11.1 Å². The van der Waals surface area contributed by atoms with E-state index < -0.39 is 0 Å². The molecule has 0 heterocycles. The minimum absolute atomic E-state index is 0.0907. The molecule has 1 fully saturated rings. The Balaban J connectivity index is 1.43. The van der Waals surface area contributed by atoms with E-state index in [0.29, 0.717) is 27.9 Å². The molecule has 0 bridgehead atoms. The molecule has 1 amide bonds. The molecule has 0 spiro atoms. The van der Waals surface area contributed by atoms with Gasteiger partial charge in [0.15, 0.2) is 0 Å². The molecular formula is C31H34ClN3O2. The topological polar surface area (TPSA) is 74.2 Å². The molecule has 0 aromatic heterocycles. The maximum Gasteiger partial charge on any atom is 0.251 e. The molecule has 0 unspecified atom stereocenters. The Kier molecular flexibility index (Phi) is 7.26. The summed E-state index contributed by atoms with van der Waals surface area (Å²) in [6, 6.07) is 23.5. The zero-order chi connectivity index (χ0) is 27.0. The fourth-order valence-corrected chi connectivity index (χ4v) is 5.93. The van der Waals surface area contributed by atoms with E-state index in [1.807, 2.05) is 24.3 Å². The molecule has 192 valence electrons. The van der Waals surface area contributed by atoms with Crippen molar-refractivity contribution in [3.63, 3.8) is 0 Å². The number of carbonyl (C=O) groups excluding carboxylic acids is 1. The first-order valence-electron chi connectivity index (χ1n) is 12.6. The van der Waals surface area contributed by atoms with Crippen molar-refractivity contribution < 1.29 is 9.53 Å². The predicted molar refractivity (Wildman–Crippen MR) is 150 cm³/mol. The second-order valence-electron chi connectivity index (χ2n) is 11.3. The van der Waals surface area contributed by atoms with Gasteiger partial charge in [0, 0.05) is 40.2 Å². The summed E-state index contributed by atoms with van der Waals surface area (Å²) < 4.78 is 6.32. The first kappa shape index (κ1) is 26.6. The van der Waals surface area contributed by atoms with Crippen molar-refractivity contribution in [1.29, 1.82) is 5.26 Å². The van der Waals surface area contributed by atoms with E-state index in [-0.39, 0.29) is 28.9 Å². The van der Waals surface area contributed by atoms with Crippen molar-refractivity contribution in [2.45, 2.75) is 59.7 Å². The lowest BCUT2D eigenvalue weighted by molar-refractivity contribution is -0.164. The van der Waals surface area contributed by atoms with E-state index in [4.69, 9.17) is 21.6 Å². The van der Waals surface area contributed by atoms with Gasteiger partial charge in [0.1, 0.15) is 17.9 Å². The van der Waals surface area contributed by atoms with Gasteiger partial charge < -0.3 is 15.4 Å². The van der Waals surface area contributed by atoms with Gasteiger partial charge in [0.05, 0.1) is 10.6 Å². The molecule has 5 nitrogen and oxygen atoms in total. The molecular weight excluding hydrogens is 482 g/mol. The van der Waals surface area contributed by atoms with Gasteiger partial charge >= 0.3 is 0 Å². The lowest BCUT2D eigenvalue weighted by Gasteiger charge is -2.63. The summed E-state index contributed by atoms with van der Waals surface area (Å²) >= 11 is 6.19. The average Bonchev–Trinajstić information content (AvgIpc) is 2.85. The summed E-state index contributed by atoms with van der Waals surface area (Å²) in [4.78, 5) is 13.2. The van der Waals surface area contributed by atoms with Crippen LogP contribution in [-0.4, -0.2) is 24.1 Å². The van der Waals surface area contributed by atoms with Crippen molar-refractivity contribution in [2.24, 2.45) is 10.8 Å². The van der Waals surface area contributed by atoms with Crippen molar-refractivity contribution >= 4 is 23.2 Å². The molecule has 37 heavy (non-hydrogen) atoms. The largest absolute Gasteiger partial charge is 0.489 e. The Labute approximate surface area is 224 Å². The van der Waals surface area contributed by atoms with E-state index in [1.54, 1.807) is 18.2 Å². The molecule has 0 radical (unpaired) electrons. The third-order valence-electron chi connectivity index (χ3n) is 7.25. The second-order valence-corrected chi connectivity index (χ2v) is 11.7. The normalized spacial score (nSPS) is 19.4. The molecule has 0 atom stereocenters. The van der Waals surface area contributed by atoms with Crippen LogP contribution in [0, 0.1) is 22.2 Å². The van der Waals surface area contributed by atoms with Crippen LogP contribution in [0.4, 0.5) is 5.69 Å². The standard InChI is InChI=1S/C31H34ClN3O2/c1-19(2)34-24-14-11-21(12-15-24)20-7-9-22(10-8-20)27(36)35-28-30(3,4)29(31(28,5)6)37-25-16-13-23(18-33)26(32)17-25/h7-17,19,28-29,34H,1-6H3,(H,35,36)/t28-,29-. The van der Waals surface area contributed by atoms with Gasteiger partial charge in [0.25, 0.3) is 5.91 Å². The molecule has 0 aliphatic heterocycles. The molecule has 3 aromatic carbocycles. The number of benzene rings is 3. The number of carbonyl (C=O) groups is 1. The molecule has 1 aliphatic carbocycles. The lowest BCUT2D eigenvalue weighted by Crippen LogP contribution is -2.74. The Morgan fingerprint density at radius 1 is 0.946 bits per heavy atom. The fourth-order valence-electron chi connectivity index (χ4n) is 5.72. The number of hydrogen-bond donors (Lipinski definition) is 2. The van der Waals surface area contributed by atoms with E-state index in [9.17, 15) is 4.79 Å². The minimum atomic E-state index is -0.314. The summed E-state index contributed by atoms with van der Waals surface area (Å²) in [5, 5.41) is 16.1. The number of rotatable bonds is 7. The zero-order valence-electron chi connectivity index (χ0n) is 22.2. The highest BCUT2D eigenvalue weighted by Gasteiger charge is 2.64. The van der Waals surface area contributed by atoms with Crippen LogP contribution in [0.5, 0.6) is 5.75 Å². The molecule has 0 saturated heterocycles. The number of ether oxygens (including phenoxy) is 1. The van der Waals surface area contributed by atoms with Crippen molar-refractivity contribution in [3.05, 3.63) is 82.9 Å². The molecule has 1 aliphatic rings. The number of anilines is 1. The number of nitriles is 1. The van der Waals surface area contributed by atoms with Crippen LogP contribution < -0.4 is 15.4 Å². The second kappa shape index (κ2) is 10.1. The monoisotopic (exact) mass is 515 g/mol. The lowest BCUT2D eigenvalue weighted by atomic mass is 9.49. The summed E-state index contributed by atoms with van der Waals surface area (Å²) in [6.07, 6.45) is -0.148. The van der Waals surface area contributed by atoms with Crippen molar-refractivity contribution in [3.8, 4) is 22.9 Å².